The van der Waals surface area contributed by atoms with E-state index < -0.39 is 24.7 Å². The Hall–Kier alpha value is -3.37. The molecule has 8 heteroatoms. The molecule has 3 aromatic carbocycles. The minimum absolute atomic E-state index is 0.176. The maximum absolute atomic E-state index is 12.3. The number of carboxylic acids is 1. The first-order valence-corrected chi connectivity index (χ1v) is 12.6. The molecule has 0 radical (unpaired) electrons. The van der Waals surface area contributed by atoms with Crippen LogP contribution < -0.4 is 0 Å². The van der Waals surface area contributed by atoms with Gasteiger partial charge < -0.3 is 14.7 Å². The summed E-state index contributed by atoms with van der Waals surface area (Å²) in [6.45, 7) is 5.67. The number of aryl methyl sites for hydroxylation is 1. The van der Waals surface area contributed by atoms with Crippen molar-refractivity contribution in [2.24, 2.45) is 0 Å². The number of carboxylic acid groups (broad SMARTS) is 1. The standard InChI is InChI=1S/C18H15Cl2NO4.C8H7N.C3H8/c19-13-5-1-11(2-6-13)17-18(12-3-7-14(20)8-4-12)25-10-15(22)21(17)9-16(23)24;1-7-2-4-8(6-9)5-3-7;1-3-2/h1-8,17-18H,9-10H2,(H,23,24);2-5H,1H3;3H2,1-2H3. The number of carbonyl (C=O) groups is 2. The number of nitrogens with zero attached hydrogens (tertiary/aromatic N) is 2. The predicted molar refractivity (Wildman–Crippen MR) is 146 cm³/mol. The van der Waals surface area contributed by atoms with Gasteiger partial charge >= 0.3 is 5.97 Å². The lowest BCUT2D eigenvalue weighted by molar-refractivity contribution is -0.164. The van der Waals surface area contributed by atoms with Gasteiger partial charge in [0.15, 0.2) is 0 Å². The van der Waals surface area contributed by atoms with Gasteiger partial charge in [0.25, 0.3) is 0 Å². The van der Waals surface area contributed by atoms with Crippen LogP contribution in [-0.4, -0.2) is 35.0 Å². The Morgan fingerprint density at radius 2 is 1.46 bits per heavy atom. The first-order valence-electron chi connectivity index (χ1n) is 11.8. The molecule has 1 N–H and O–H groups in total. The first-order chi connectivity index (χ1) is 17.7. The third kappa shape index (κ3) is 9.22. The fourth-order valence-electron chi connectivity index (χ4n) is 3.56. The highest BCUT2D eigenvalue weighted by Gasteiger charge is 2.39. The van der Waals surface area contributed by atoms with Gasteiger partial charge in [-0.25, -0.2) is 0 Å². The van der Waals surface area contributed by atoms with Crippen molar-refractivity contribution < 1.29 is 19.4 Å². The second kappa shape index (κ2) is 15.0. The molecule has 0 aliphatic carbocycles. The van der Waals surface area contributed by atoms with Crippen LogP contribution in [0.5, 0.6) is 0 Å². The maximum Gasteiger partial charge on any atom is 0.323 e. The Kier molecular flexibility index (Phi) is 12.1. The normalized spacial score (nSPS) is 16.4. The molecule has 2 unspecified atom stereocenters. The molecule has 2 atom stereocenters. The second-order valence-electron chi connectivity index (χ2n) is 8.38. The number of hydrogen-bond donors (Lipinski definition) is 1. The highest BCUT2D eigenvalue weighted by atomic mass is 35.5. The summed E-state index contributed by atoms with van der Waals surface area (Å²) >= 11 is 11.9. The Bertz CT molecular complexity index is 1190. The highest BCUT2D eigenvalue weighted by molar-refractivity contribution is 6.30. The van der Waals surface area contributed by atoms with Crippen molar-refractivity contribution in [3.05, 3.63) is 105 Å². The summed E-state index contributed by atoms with van der Waals surface area (Å²) in [6, 6.07) is 23.0. The number of amides is 1. The van der Waals surface area contributed by atoms with Gasteiger partial charge in [-0.15, -0.1) is 0 Å². The molecule has 0 spiro atoms. The van der Waals surface area contributed by atoms with E-state index in [-0.39, 0.29) is 12.5 Å². The van der Waals surface area contributed by atoms with Gasteiger partial charge in [0.05, 0.1) is 17.7 Å². The molecule has 37 heavy (non-hydrogen) atoms. The number of ether oxygens (including phenoxy) is 1. The van der Waals surface area contributed by atoms with Crippen LogP contribution in [0.25, 0.3) is 0 Å². The molecule has 0 bridgehead atoms. The van der Waals surface area contributed by atoms with Crippen LogP contribution in [0.1, 0.15) is 54.7 Å². The summed E-state index contributed by atoms with van der Waals surface area (Å²) in [7, 11) is 0. The van der Waals surface area contributed by atoms with E-state index in [1.165, 1.54) is 16.9 Å². The van der Waals surface area contributed by atoms with Crippen LogP contribution in [0, 0.1) is 18.3 Å². The lowest BCUT2D eigenvalue weighted by atomic mass is 9.92. The molecule has 3 aromatic rings. The fraction of sp³-hybridized carbons (Fsp3) is 0.276. The molecule has 0 saturated carbocycles. The average molecular weight is 541 g/mol. The van der Waals surface area contributed by atoms with E-state index in [4.69, 9.17) is 33.2 Å². The van der Waals surface area contributed by atoms with Crippen molar-refractivity contribution in [1.29, 1.82) is 5.26 Å². The molecule has 6 nitrogen and oxygen atoms in total. The topological polar surface area (TPSA) is 90.6 Å². The highest BCUT2D eigenvalue weighted by Crippen LogP contribution is 2.40. The number of morpholine rings is 1. The molecule has 1 fully saturated rings. The van der Waals surface area contributed by atoms with Crippen LogP contribution in [-0.2, 0) is 14.3 Å². The summed E-state index contributed by atoms with van der Waals surface area (Å²) in [4.78, 5) is 24.9. The van der Waals surface area contributed by atoms with Crippen molar-refractivity contribution in [1.82, 2.24) is 4.90 Å². The van der Waals surface area contributed by atoms with E-state index in [0.717, 1.165) is 16.7 Å². The molecule has 1 amide bonds. The quantitative estimate of drug-likeness (QED) is 0.384. The van der Waals surface area contributed by atoms with Gasteiger partial charge in [0.2, 0.25) is 5.91 Å². The van der Waals surface area contributed by atoms with Gasteiger partial charge in [-0.1, -0.05) is 85.4 Å². The first kappa shape index (κ1) is 29.9. The van der Waals surface area contributed by atoms with Crippen LogP contribution in [0.15, 0.2) is 72.8 Å². The smallest absolute Gasteiger partial charge is 0.323 e. The fourth-order valence-corrected chi connectivity index (χ4v) is 3.81. The zero-order chi connectivity index (χ0) is 27.4. The number of nitriles is 1. The Balaban J connectivity index is 0.000000333. The van der Waals surface area contributed by atoms with Crippen LogP contribution in [0.4, 0.5) is 0 Å². The van der Waals surface area contributed by atoms with Crippen molar-refractivity contribution in [2.45, 2.75) is 39.3 Å². The zero-order valence-electron chi connectivity index (χ0n) is 21.0. The number of aliphatic carboxylic acids is 1. The van der Waals surface area contributed by atoms with Gasteiger partial charge in [-0.3, -0.25) is 9.59 Å². The number of carbonyl (C=O) groups excluding carboxylic acids is 1. The van der Waals surface area contributed by atoms with E-state index >= 15 is 0 Å². The van der Waals surface area contributed by atoms with Gasteiger partial charge in [-0.05, 0) is 54.4 Å². The van der Waals surface area contributed by atoms with E-state index in [9.17, 15) is 14.7 Å². The Morgan fingerprint density at radius 3 is 1.92 bits per heavy atom. The Morgan fingerprint density at radius 1 is 0.973 bits per heavy atom. The summed E-state index contributed by atoms with van der Waals surface area (Å²) in [5, 5.41) is 18.7. The largest absolute Gasteiger partial charge is 0.480 e. The lowest BCUT2D eigenvalue weighted by Gasteiger charge is -2.40. The van der Waals surface area contributed by atoms with E-state index in [0.29, 0.717) is 10.0 Å². The van der Waals surface area contributed by atoms with Crippen LogP contribution >= 0.6 is 23.2 Å². The third-order valence-corrected chi connectivity index (χ3v) is 5.73. The lowest BCUT2D eigenvalue weighted by Crippen LogP contribution is -2.47. The molecule has 4 rings (SSSR count). The Labute approximate surface area is 228 Å². The second-order valence-corrected chi connectivity index (χ2v) is 9.25. The summed E-state index contributed by atoms with van der Waals surface area (Å²) in [5.74, 6) is -1.45. The molecule has 1 aliphatic heterocycles. The van der Waals surface area contributed by atoms with Crippen molar-refractivity contribution >= 4 is 35.1 Å². The van der Waals surface area contributed by atoms with Gasteiger partial charge in [0.1, 0.15) is 19.3 Å². The minimum Gasteiger partial charge on any atom is -0.480 e. The van der Waals surface area contributed by atoms with E-state index in [1.807, 2.05) is 43.3 Å². The SMILES string of the molecule is CCC.Cc1ccc(C#N)cc1.O=C(O)CN1C(=O)COC(c2ccc(Cl)cc2)C1c1ccc(Cl)cc1. The van der Waals surface area contributed by atoms with E-state index in [1.54, 1.807) is 36.4 Å². The summed E-state index contributed by atoms with van der Waals surface area (Å²) in [6.07, 6.45) is 0.746. The van der Waals surface area contributed by atoms with Crippen molar-refractivity contribution in [3.8, 4) is 6.07 Å². The van der Waals surface area contributed by atoms with Crippen LogP contribution in [0.2, 0.25) is 10.0 Å². The number of benzene rings is 3. The minimum atomic E-state index is -1.08. The average Bonchev–Trinajstić information content (AvgIpc) is 2.88. The van der Waals surface area contributed by atoms with Gasteiger partial charge in [-0.2, -0.15) is 5.26 Å². The molecule has 1 heterocycles. The summed E-state index contributed by atoms with van der Waals surface area (Å²) < 4.78 is 5.77. The molecule has 1 saturated heterocycles. The maximum atomic E-state index is 12.3. The zero-order valence-corrected chi connectivity index (χ0v) is 22.5. The predicted octanol–water partition coefficient (Wildman–Crippen LogP) is 7.00. The van der Waals surface area contributed by atoms with E-state index in [2.05, 4.69) is 19.9 Å². The van der Waals surface area contributed by atoms with Gasteiger partial charge in [0, 0.05) is 10.0 Å². The van der Waals surface area contributed by atoms with Crippen molar-refractivity contribution in [3.63, 3.8) is 0 Å². The van der Waals surface area contributed by atoms with Crippen molar-refractivity contribution in [2.75, 3.05) is 13.2 Å². The molecular formula is C29H30Cl2N2O4. The molecule has 1 aliphatic rings. The summed E-state index contributed by atoms with van der Waals surface area (Å²) in [5.41, 5.74) is 3.47. The number of halogens is 2. The van der Waals surface area contributed by atoms with Crippen LogP contribution in [0.3, 0.4) is 0 Å². The monoisotopic (exact) mass is 540 g/mol. The number of hydrogen-bond acceptors (Lipinski definition) is 4. The molecule has 194 valence electrons. The molecule has 0 aromatic heterocycles. The third-order valence-electron chi connectivity index (χ3n) is 5.23. The molecular weight excluding hydrogens is 511 g/mol. The number of rotatable bonds is 4.